The van der Waals surface area contributed by atoms with Gasteiger partial charge in [-0.1, -0.05) is 11.8 Å². The van der Waals surface area contributed by atoms with Crippen molar-refractivity contribution in [1.29, 1.82) is 0 Å². The van der Waals surface area contributed by atoms with Crippen LogP contribution in [0.2, 0.25) is 0 Å². The fraction of sp³-hybridized carbons (Fsp3) is 0.414. The molecule has 1 fully saturated rings. The highest BCUT2D eigenvalue weighted by atomic mass is 19.2. The molecule has 6 nitrogen and oxygen atoms in total. The molecular formula is C29H32F3N3O3. The van der Waals surface area contributed by atoms with Gasteiger partial charge < -0.3 is 20.7 Å². The summed E-state index contributed by atoms with van der Waals surface area (Å²) in [6, 6.07) is 7.28. The van der Waals surface area contributed by atoms with E-state index >= 15 is 0 Å². The third-order valence-corrected chi connectivity index (χ3v) is 7.47. The highest BCUT2D eigenvalue weighted by Gasteiger charge is 2.34. The summed E-state index contributed by atoms with van der Waals surface area (Å²) < 4.78 is 45.3. The van der Waals surface area contributed by atoms with Crippen molar-refractivity contribution in [2.75, 3.05) is 33.4 Å². The first-order chi connectivity index (χ1) is 18.3. The predicted octanol–water partition coefficient (Wildman–Crippen LogP) is 4.06. The lowest BCUT2D eigenvalue weighted by Crippen LogP contribution is -2.42. The molecule has 1 atom stereocenters. The third kappa shape index (κ3) is 6.11. The number of methoxy groups -OCH3 is 1. The van der Waals surface area contributed by atoms with Crippen LogP contribution in [0, 0.1) is 34.7 Å². The maximum atomic E-state index is 13.4. The zero-order valence-corrected chi connectivity index (χ0v) is 21.3. The van der Waals surface area contributed by atoms with Gasteiger partial charge in [0.1, 0.15) is 5.75 Å². The molecule has 4 N–H and O–H groups in total. The van der Waals surface area contributed by atoms with Crippen LogP contribution in [0.25, 0.3) is 10.9 Å². The number of hydrogen-bond acceptors (Lipinski definition) is 6. The quantitative estimate of drug-likeness (QED) is 0.302. The Morgan fingerprint density at radius 2 is 1.87 bits per heavy atom. The van der Waals surface area contributed by atoms with Gasteiger partial charge in [-0.05, 0) is 85.6 Å². The zero-order valence-electron chi connectivity index (χ0n) is 21.3. The summed E-state index contributed by atoms with van der Waals surface area (Å²) in [5.41, 5.74) is 7.96. The Morgan fingerprint density at radius 1 is 1.16 bits per heavy atom. The van der Waals surface area contributed by atoms with E-state index in [9.17, 15) is 23.4 Å². The molecule has 2 heterocycles. The first-order valence-electron chi connectivity index (χ1n) is 12.6. The van der Waals surface area contributed by atoms with Crippen molar-refractivity contribution < 1.29 is 28.1 Å². The van der Waals surface area contributed by atoms with Gasteiger partial charge in [0.2, 0.25) is 0 Å². The number of aromatic nitrogens is 1. The van der Waals surface area contributed by atoms with E-state index in [1.165, 1.54) is 0 Å². The van der Waals surface area contributed by atoms with Crippen LogP contribution in [0.15, 0.2) is 36.5 Å². The summed E-state index contributed by atoms with van der Waals surface area (Å²) in [5.74, 6) is 2.20. The molecule has 4 rings (SSSR count). The Kier molecular flexibility index (Phi) is 8.90. The molecular weight excluding hydrogens is 495 g/mol. The van der Waals surface area contributed by atoms with Crippen LogP contribution in [0.1, 0.15) is 48.5 Å². The Morgan fingerprint density at radius 3 is 2.50 bits per heavy atom. The van der Waals surface area contributed by atoms with Crippen molar-refractivity contribution in [2.24, 2.45) is 11.1 Å². The van der Waals surface area contributed by atoms with Crippen LogP contribution in [0.5, 0.6) is 5.75 Å². The maximum Gasteiger partial charge on any atom is 0.194 e. The SMILES string of the molecule is COc1ccc2ncc(CN)c([C@@H](O)CCC3(CO)CCN(CC#Cc4cc(F)c(F)c(F)c4)CC3)c2c1. The van der Waals surface area contributed by atoms with Crippen LogP contribution < -0.4 is 10.5 Å². The number of pyridine rings is 1. The number of benzene rings is 2. The fourth-order valence-corrected chi connectivity index (χ4v) is 5.06. The minimum absolute atomic E-state index is 0.00202. The van der Waals surface area contributed by atoms with Gasteiger partial charge in [0, 0.05) is 30.3 Å². The predicted molar refractivity (Wildman–Crippen MR) is 139 cm³/mol. The number of aliphatic hydroxyl groups is 2. The van der Waals surface area contributed by atoms with Crippen LogP contribution >= 0.6 is 0 Å². The van der Waals surface area contributed by atoms with Gasteiger partial charge in [0.05, 0.1) is 25.3 Å². The molecule has 0 bridgehead atoms. The average molecular weight is 528 g/mol. The standard InChI is InChI=1S/C29H32F3N3O3/c1-38-21-4-5-25-22(15-21)27(20(16-33)17-34-25)26(37)6-7-29(18-36)8-11-35(12-9-29)10-2-3-19-13-23(30)28(32)24(31)14-19/h4-5,13-15,17,26,36-37H,6-12,16,18,33H2,1H3/t26-/m0/s1. The summed E-state index contributed by atoms with van der Waals surface area (Å²) >= 11 is 0. The number of hydrogen-bond donors (Lipinski definition) is 3. The minimum Gasteiger partial charge on any atom is -0.497 e. The lowest BCUT2D eigenvalue weighted by Gasteiger charge is -2.40. The molecule has 2 aromatic carbocycles. The topological polar surface area (TPSA) is 91.8 Å². The molecule has 1 saturated heterocycles. The van der Waals surface area contributed by atoms with E-state index in [4.69, 9.17) is 10.5 Å². The summed E-state index contributed by atoms with van der Waals surface area (Å²) in [4.78, 5) is 6.56. The summed E-state index contributed by atoms with van der Waals surface area (Å²) in [6.07, 6.45) is 3.42. The second-order valence-electron chi connectivity index (χ2n) is 9.83. The number of aliphatic hydroxyl groups excluding tert-OH is 2. The molecule has 0 saturated carbocycles. The minimum atomic E-state index is -1.51. The molecule has 38 heavy (non-hydrogen) atoms. The molecule has 0 unspecified atom stereocenters. The second kappa shape index (κ2) is 12.1. The molecule has 0 amide bonds. The molecule has 202 valence electrons. The zero-order chi connectivity index (χ0) is 27.3. The molecule has 9 heteroatoms. The van der Waals surface area contributed by atoms with E-state index < -0.39 is 23.6 Å². The highest BCUT2D eigenvalue weighted by molar-refractivity contribution is 5.85. The van der Waals surface area contributed by atoms with E-state index in [2.05, 4.69) is 21.7 Å². The lowest BCUT2D eigenvalue weighted by atomic mass is 9.74. The first kappa shape index (κ1) is 27.9. The molecule has 1 aliphatic rings. The number of nitrogens with two attached hydrogens (primary N) is 1. The van der Waals surface area contributed by atoms with Gasteiger partial charge in [0.15, 0.2) is 17.5 Å². The van der Waals surface area contributed by atoms with Gasteiger partial charge >= 0.3 is 0 Å². The van der Waals surface area contributed by atoms with E-state index in [-0.39, 0.29) is 24.1 Å². The van der Waals surface area contributed by atoms with E-state index in [1.807, 2.05) is 18.2 Å². The van der Waals surface area contributed by atoms with Crippen molar-refractivity contribution in [2.45, 2.75) is 38.3 Å². The van der Waals surface area contributed by atoms with Crippen molar-refractivity contribution in [3.05, 3.63) is 70.7 Å². The number of ether oxygens (including phenoxy) is 1. The Labute approximate surface area is 220 Å². The van der Waals surface area contributed by atoms with Gasteiger partial charge in [-0.15, -0.1) is 0 Å². The largest absolute Gasteiger partial charge is 0.497 e. The van der Waals surface area contributed by atoms with Crippen molar-refractivity contribution >= 4 is 10.9 Å². The number of fused-ring (bicyclic) bond motifs is 1. The highest BCUT2D eigenvalue weighted by Crippen LogP contribution is 2.39. The number of halogens is 3. The first-order valence-corrected chi connectivity index (χ1v) is 12.6. The van der Waals surface area contributed by atoms with Crippen molar-refractivity contribution in [3.63, 3.8) is 0 Å². The molecule has 1 aliphatic heterocycles. The monoisotopic (exact) mass is 527 g/mol. The molecule has 1 aromatic heterocycles. The van der Waals surface area contributed by atoms with Crippen LogP contribution in [-0.2, 0) is 6.54 Å². The van der Waals surface area contributed by atoms with Crippen LogP contribution in [-0.4, -0.2) is 53.4 Å². The smallest absolute Gasteiger partial charge is 0.194 e. The third-order valence-electron chi connectivity index (χ3n) is 7.47. The Bertz CT molecular complexity index is 1320. The molecule has 3 aromatic rings. The average Bonchev–Trinajstić information content (AvgIpc) is 2.94. The lowest BCUT2D eigenvalue weighted by molar-refractivity contribution is 0.0272. The fourth-order valence-electron chi connectivity index (χ4n) is 5.06. The van der Waals surface area contributed by atoms with Gasteiger partial charge in [-0.25, -0.2) is 13.2 Å². The van der Waals surface area contributed by atoms with Gasteiger partial charge in [0.25, 0.3) is 0 Å². The van der Waals surface area contributed by atoms with Gasteiger partial charge in [-0.2, -0.15) is 0 Å². The Hall–Kier alpha value is -3.16. The normalized spacial score (nSPS) is 16.2. The maximum absolute atomic E-state index is 13.4. The summed E-state index contributed by atoms with van der Waals surface area (Å²) in [7, 11) is 1.59. The Balaban J connectivity index is 1.39. The van der Waals surface area contributed by atoms with Crippen LogP contribution in [0.3, 0.4) is 0 Å². The summed E-state index contributed by atoms with van der Waals surface area (Å²) in [5, 5.41) is 22.3. The van der Waals surface area contributed by atoms with Crippen molar-refractivity contribution in [1.82, 2.24) is 9.88 Å². The number of rotatable bonds is 8. The van der Waals surface area contributed by atoms with Crippen LogP contribution in [0.4, 0.5) is 13.2 Å². The van der Waals surface area contributed by atoms with E-state index in [1.54, 1.807) is 13.3 Å². The van der Waals surface area contributed by atoms with Crippen molar-refractivity contribution in [3.8, 4) is 17.6 Å². The molecule has 0 spiro atoms. The van der Waals surface area contributed by atoms with E-state index in [0.29, 0.717) is 51.1 Å². The van der Waals surface area contributed by atoms with E-state index in [0.717, 1.165) is 34.2 Å². The molecule has 0 radical (unpaired) electrons. The second-order valence-corrected chi connectivity index (χ2v) is 9.83. The number of likely N-dealkylation sites (tertiary alicyclic amines) is 1. The number of piperidine rings is 1. The van der Waals surface area contributed by atoms with Gasteiger partial charge in [-0.3, -0.25) is 9.88 Å². The number of nitrogens with zero attached hydrogens (tertiary/aromatic N) is 2. The summed E-state index contributed by atoms with van der Waals surface area (Å²) in [6.45, 7) is 1.99. The molecule has 0 aliphatic carbocycles.